The summed E-state index contributed by atoms with van der Waals surface area (Å²) in [6.45, 7) is 0.307. The SMILES string of the molecule is O=C(Cn1cccc(NCc2cccc(Cl)c2)c1=O)Nc1ccc(Cl)c(Cl)c1. The highest BCUT2D eigenvalue weighted by atomic mass is 35.5. The van der Waals surface area contributed by atoms with Crippen molar-refractivity contribution in [3.8, 4) is 0 Å². The predicted octanol–water partition coefficient (Wildman–Crippen LogP) is 5.06. The molecule has 0 aliphatic carbocycles. The molecule has 2 N–H and O–H groups in total. The highest BCUT2D eigenvalue weighted by molar-refractivity contribution is 6.42. The highest BCUT2D eigenvalue weighted by Crippen LogP contribution is 2.25. The minimum Gasteiger partial charge on any atom is -0.377 e. The maximum absolute atomic E-state index is 12.6. The van der Waals surface area contributed by atoms with Crippen molar-refractivity contribution in [2.45, 2.75) is 13.1 Å². The van der Waals surface area contributed by atoms with Gasteiger partial charge >= 0.3 is 0 Å². The Hall–Kier alpha value is -2.47. The zero-order chi connectivity index (χ0) is 20.1. The number of aromatic nitrogens is 1. The van der Waals surface area contributed by atoms with Gasteiger partial charge in [-0.2, -0.15) is 0 Å². The summed E-state index contributed by atoms with van der Waals surface area (Å²) in [5.41, 5.74) is 1.54. The molecule has 5 nitrogen and oxygen atoms in total. The Balaban J connectivity index is 1.67. The summed E-state index contributed by atoms with van der Waals surface area (Å²) in [5, 5.41) is 7.13. The number of anilines is 2. The Bertz CT molecular complexity index is 1070. The molecule has 0 fully saturated rings. The van der Waals surface area contributed by atoms with Crippen molar-refractivity contribution in [1.29, 1.82) is 0 Å². The number of hydrogen-bond acceptors (Lipinski definition) is 3. The van der Waals surface area contributed by atoms with E-state index in [1.54, 1.807) is 42.6 Å². The fraction of sp³-hybridized carbons (Fsp3) is 0.100. The van der Waals surface area contributed by atoms with E-state index in [4.69, 9.17) is 34.8 Å². The van der Waals surface area contributed by atoms with Crippen LogP contribution in [-0.4, -0.2) is 10.5 Å². The number of pyridine rings is 1. The normalized spacial score (nSPS) is 10.5. The van der Waals surface area contributed by atoms with Crippen molar-refractivity contribution < 1.29 is 4.79 Å². The second kappa shape index (κ2) is 9.15. The van der Waals surface area contributed by atoms with Crippen LogP contribution in [0.2, 0.25) is 15.1 Å². The first-order valence-electron chi connectivity index (χ1n) is 8.35. The summed E-state index contributed by atoms with van der Waals surface area (Å²) in [6.07, 6.45) is 1.56. The van der Waals surface area contributed by atoms with Gasteiger partial charge in [0.05, 0.1) is 10.0 Å². The molecule has 1 heterocycles. The van der Waals surface area contributed by atoms with Crippen LogP contribution in [0, 0.1) is 0 Å². The monoisotopic (exact) mass is 435 g/mol. The fourth-order valence-corrected chi connectivity index (χ4v) is 3.08. The maximum atomic E-state index is 12.6. The lowest BCUT2D eigenvalue weighted by Crippen LogP contribution is -2.28. The van der Waals surface area contributed by atoms with Crippen molar-refractivity contribution in [3.05, 3.63) is 91.8 Å². The van der Waals surface area contributed by atoms with E-state index in [0.29, 0.717) is 33.0 Å². The van der Waals surface area contributed by atoms with Gasteiger partial charge < -0.3 is 15.2 Å². The Morgan fingerprint density at radius 3 is 2.54 bits per heavy atom. The zero-order valence-corrected chi connectivity index (χ0v) is 16.9. The van der Waals surface area contributed by atoms with E-state index in [1.165, 1.54) is 4.57 Å². The largest absolute Gasteiger partial charge is 0.377 e. The molecule has 0 aliphatic rings. The van der Waals surface area contributed by atoms with Gasteiger partial charge in [0, 0.05) is 23.5 Å². The van der Waals surface area contributed by atoms with Crippen molar-refractivity contribution in [2.75, 3.05) is 10.6 Å². The second-order valence-electron chi connectivity index (χ2n) is 6.02. The fourth-order valence-electron chi connectivity index (χ4n) is 2.57. The molecule has 0 radical (unpaired) electrons. The number of halogens is 3. The summed E-state index contributed by atoms with van der Waals surface area (Å²) in [6, 6.07) is 15.5. The molecule has 1 amide bonds. The van der Waals surface area contributed by atoms with E-state index in [2.05, 4.69) is 10.6 Å². The molecule has 0 spiro atoms. The third kappa shape index (κ3) is 5.29. The standard InChI is InChI=1S/C20H16Cl3N3O2/c21-14-4-1-3-13(9-14)11-24-18-5-2-8-26(20(18)28)12-19(27)25-15-6-7-16(22)17(23)10-15/h1-10,24H,11-12H2,(H,25,27). The molecule has 1 aromatic heterocycles. The van der Waals surface area contributed by atoms with E-state index < -0.39 is 0 Å². The maximum Gasteiger partial charge on any atom is 0.274 e. The third-order valence-corrected chi connectivity index (χ3v) is 4.88. The number of hydrogen-bond donors (Lipinski definition) is 2. The lowest BCUT2D eigenvalue weighted by molar-refractivity contribution is -0.116. The van der Waals surface area contributed by atoms with E-state index in [1.807, 2.05) is 18.2 Å². The lowest BCUT2D eigenvalue weighted by atomic mass is 10.2. The van der Waals surface area contributed by atoms with Crippen LogP contribution in [0.4, 0.5) is 11.4 Å². The highest BCUT2D eigenvalue weighted by Gasteiger charge is 2.09. The number of carbonyl (C=O) groups excluding carboxylic acids is 1. The van der Waals surface area contributed by atoms with Gasteiger partial charge in [0.1, 0.15) is 12.2 Å². The third-order valence-electron chi connectivity index (χ3n) is 3.91. The molecule has 3 aromatic rings. The molecule has 144 valence electrons. The van der Waals surface area contributed by atoms with Gasteiger partial charge in [-0.3, -0.25) is 9.59 Å². The van der Waals surface area contributed by atoms with Crippen LogP contribution < -0.4 is 16.2 Å². The Kier molecular flexibility index (Phi) is 6.62. The number of amides is 1. The van der Waals surface area contributed by atoms with Gasteiger partial charge in [-0.15, -0.1) is 0 Å². The van der Waals surface area contributed by atoms with Crippen molar-refractivity contribution >= 4 is 52.1 Å². The second-order valence-corrected chi connectivity index (χ2v) is 7.27. The van der Waals surface area contributed by atoms with Crippen molar-refractivity contribution in [3.63, 3.8) is 0 Å². The smallest absolute Gasteiger partial charge is 0.274 e. The van der Waals surface area contributed by atoms with E-state index in [0.717, 1.165) is 5.56 Å². The molecule has 0 saturated heterocycles. The molecule has 0 bridgehead atoms. The topological polar surface area (TPSA) is 63.1 Å². The lowest BCUT2D eigenvalue weighted by Gasteiger charge is -2.11. The van der Waals surface area contributed by atoms with Crippen LogP contribution in [0.3, 0.4) is 0 Å². The van der Waals surface area contributed by atoms with Gasteiger partial charge in [-0.05, 0) is 48.0 Å². The van der Waals surface area contributed by atoms with Crippen LogP contribution in [0.1, 0.15) is 5.56 Å². The Morgan fingerprint density at radius 1 is 0.964 bits per heavy atom. The Morgan fingerprint density at radius 2 is 1.79 bits per heavy atom. The summed E-state index contributed by atoms with van der Waals surface area (Å²) in [7, 11) is 0. The van der Waals surface area contributed by atoms with Crippen LogP contribution in [-0.2, 0) is 17.9 Å². The van der Waals surface area contributed by atoms with Crippen LogP contribution in [0.25, 0.3) is 0 Å². The number of carbonyl (C=O) groups is 1. The van der Waals surface area contributed by atoms with E-state index >= 15 is 0 Å². The van der Waals surface area contributed by atoms with Crippen LogP contribution >= 0.6 is 34.8 Å². The number of nitrogens with zero attached hydrogens (tertiary/aromatic N) is 1. The van der Waals surface area contributed by atoms with Crippen molar-refractivity contribution in [2.24, 2.45) is 0 Å². The Labute approximate surface area is 176 Å². The first kappa shape index (κ1) is 20.3. The molecule has 2 aromatic carbocycles. The molecule has 3 rings (SSSR count). The number of rotatable bonds is 6. The summed E-state index contributed by atoms with van der Waals surface area (Å²) < 4.78 is 1.33. The molecule has 0 atom stereocenters. The quantitative estimate of drug-likeness (QED) is 0.568. The zero-order valence-electron chi connectivity index (χ0n) is 14.6. The average Bonchev–Trinajstić information content (AvgIpc) is 2.65. The summed E-state index contributed by atoms with van der Waals surface area (Å²) in [5.74, 6) is -0.354. The van der Waals surface area contributed by atoms with E-state index in [-0.39, 0.29) is 18.0 Å². The van der Waals surface area contributed by atoms with Gasteiger partial charge in [-0.1, -0.05) is 46.9 Å². The van der Waals surface area contributed by atoms with Crippen molar-refractivity contribution in [1.82, 2.24) is 4.57 Å². The van der Waals surface area contributed by atoms with Crippen LogP contribution in [0.15, 0.2) is 65.6 Å². The number of benzene rings is 2. The summed E-state index contributed by atoms with van der Waals surface area (Å²) >= 11 is 17.8. The minimum atomic E-state index is -0.354. The van der Waals surface area contributed by atoms with E-state index in [9.17, 15) is 9.59 Å². The summed E-state index contributed by atoms with van der Waals surface area (Å²) in [4.78, 5) is 24.9. The number of nitrogens with one attached hydrogen (secondary N) is 2. The molecule has 0 saturated carbocycles. The first-order valence-corrected chi connectivity index (χ1v) is 9.48. The average molecular weight is 437 g/mol. The molecule has 8 heteroatoms. The first-order chi connectivity index (χ1) is 13.4. The van der Waals surface area contributed by atoms with Gasteiger partial charge in [0.15, 0.2) is 0 Å². The molecular weight excluding hydrogens is 421 g/mol. The molecular formula is C20H16Cl3N3O2. The van der Waals surface area contributed by atoms with Gasteiger partial charge in [0.25, 0.3) is 5.56 Å². The molecule has 0 aliphatic heterocycles. The molecule has 0 unspecified atom stereocenters. The molecule has 28 heavy (non-hydrogen) atoms. The van der Waals surface area contributed by atoms with Crippen LogP contribution in [0.5, 0.6) is 0 Å². The predicted molar refractivity (Wildman–Crippen MR) is 115 cm³/mol. The van der Waals surface area contributed by atoms with Gasteiger partial charge in [0.2, 0.25) is 5.91 Å². The van der Waals surface area contributed by atoms with Gasteiger partial charge in [-0.25, -0.2) is 0 Å². The minimum absolute atomic E-state index is 0.133.